The Hall–Kier alpha value is -3.08. The third kappa shape index (κ3) is 4.16. The molecule has 3 atom stereocenters. The second-order valence-corrected chi connectivity index (χ2v) is 8.45. The first kappa shape index (κ1) is 20.8. The first-order valence-electron chi connectivity index (χ1n) is 10.6. The number of anilines is 1. The summed E-state index contributed by atoms with van der Waals surface area (Å²) in [4.78, 5) is 16.2. The molecule has 3 unspecified atom stereocenters. The number of nitrogens with one attached hydrogen (secondary N) is 1. The first-order valence-corrected chi connectivity index (χ1v) is 10.6. The summed E-state index contributed by atoms with van der Waals surface area (Å²) in [6, 6.07) is 4.24. The Balaban J connectivity index is 1.34. The van der Waals surface area contributed by atoms with E-state index in [1.807, 2.05) is 19.1 Å². The van der Waals surface area contributed by atoms with Crippen LogP contribution in [0.25, 0.3) is 5.69 Å². The molecule has 1 N–H and O–H groups in total. The quantitative estimate of drug-likeness (QED) is 0.647. The summed E-state index contributed by atoms with van der Waals surface area (Å²) < 4.78 is 38.3. The van der Waals surface area contributed by atoms with E-state index in [-0.39, 0.29) is 12.1 Å². The van der Waals surface area contributed by atoms with Gasteiger partial charge >= 0.3 is 6.18 Å². The molecule has 1 aliphatic carbocycles. The van der Waals surface area contributed by atoms with Gasteiger partial charge in [0, 0.05) is 30.9 Å². The summed E-state index contributed by atoms with van der Waals surface area (Å²) in [7, 11) is 0. The van der Waals surface area contributed by atoms with E-state index in [1.54, 1.807) is 17.2 Å². The summed E-state index contributed by atoms with van der Waals surface area (Å²) in [5, 5.41) is 11.8. The molecule has 2 aliphatic heterocycles. The molecule has 11 heteroatoms. The fourth-order valence-electron chi connectivity index (χ4n) is 4.82. The minimum Gasteiger partial charge on any atom is -0.364 e. The SMILES string of the molecule is Cc1ccc(-n2nccn2)c(CN2CC3CCC2C(Nc2cnc(C(F)(F)F)cn2)C3)n1. The van der Waals surface area contributed by atoms with Crippen molar-refractivity contribution in [3.63, 3.8) is 0 Å². The van der Waals surface area contributed by atoms with Gasteiger partial charge in [-0.3, -0.25) is 9.88 Å². The topological polar surface area (TPSA) is 84.7 Å². The predicted molar refractivity (Wildman–Crippen MR) is 110 cm³/mol. The molecule has 0 amide bonds. The number of rotatable bonds is 5. The van der Waals surface area contributed by atoms with Crippen LogP contribution < -0.4 is 5.32 Å². The summed E-state index contributed by atoms with van der Waals surface area (Å²) >= 11 is 0. The Morgan fingerprint density at radius 3 is 2.59 bits per heavy atom. The van der Waals surface area contributed by atoms with E-state index < -0.39 is 11.9 Å². The number of nitrogens with zero attached hydrogens (tertiary/aromatic N) is 7. The van der Waals surface area contributed by atoms with Crippen molar-refractivity contribution >= 4 is 5.82 Å². The highest BCUT2D eigenvalue weighted by Crippen LogP contribution is 2.37. The van der Waals surface area contributed by atoms with Crippen LogP contribution >= 0.6 is 0 Å². The van der Waals surface area contributed by atoms with Gasteiger partial charge in [-0.25, -0.2) is 9.97 Å². The molecule has 0 spiro atoms. The van der Waals surface area contributed by atoms with E-state index in [0.29, 0.717) is 18.3 Å². The largest absolute Gasteiger partial charge is 0.434 e. The number of alkyl halides is 3. The van der Waals surface area contributed by atoms with E-state index in [0.717, 1.165) is 49.1 Å². The fraction of sp³-hybridized carbons (Fsp3) is 0.476. The van der Waals surface area contributed by atoms with Gasteiger partial charge in [-0.05, 0) is 44.2 Å². The molecule has 32 heavy (non-hydrogen) atoms. The predicted octanol–water partition coefficient (Wildman–Crippen LogP) is 3.24. The van der Waals surface area contributed by atoms with Crippen LogP contribution in [0.1, 0.15) is 36.3 Å². The van der Waals surface area contributed by atoms with E-state index in [4.69, 9.17) is 4.98 Å². The molecule has 2 saturated heterocycles. The van der Waals surface area contributed by atoms with Crippen LogP contribution in [-0.4, -0.2) is 53.5 Å². The van der Waals surface area contributed by atoms with E-state index in [1.165, 1.54) is 6.20 Å². The smallest absolute Gasteiger partial charge is 0.364 e. The van der Waals surface area contributed by atoms with Gasteiger partial charge in [-0.1, -0.05) is 0 Å². The summed E-state index contributed by atoms with van der Waals surface area (Å²) in [5.74, 6) is 0.876. The standard InChI is InChI=1S/C21H23F3N8/c1-13-2-4-18(32-27-6-7-28-32)16(29-13)12-31-11-14-3-5-17(31)15(8-14)30-20-10-25-19(9-26-20)21(22,23)24/h2,4,6-7,9-10,14-15,17H,3,5,8,11-12H2,1H3,(H,26,30). The van der Waals surface area contributed by atoms with Crippen molar-refractivity contribution in [2.45, 2.75) is 51.0 Å². The lowest BCUT2D eigenvalue weighted by atomic mass is 9.76. The monoisotopic (exact) mass is 444 g/mol. The van der Waals surface area contributed by atoms with E-state index in [2.05, 4.69) is 30.4 Å². The van der Waals surface area contributed by atoms with Crippen LogP contribution in [-0.2, 0) is 12.7 Å². The number of aromatic nitrogens is 6. The van der Waals surface area contributed by atoms with Crippen molar-refractivity contribution in [3.8, 4) is 5.69 Å². The molecule has 3 aromatic heterocycles. The average molecular weight is 444 g/mol. The number of hydrogen-bond acceptors (Lipinski definition) is 7. The van der Waals surface area contributed by atoms with Crippen molar-refractivity contribution in [2.75, 3.05) is 11.9 Å². The van der Waals surface area contributed by atoms with E-state index >= 15 is 0 Å². The highest BCUT2D eigenvalue weighted by atomic mass is 19.4. The highest BCUT2D eigenvalue weighted by molar-refractivity contribution is 5.37. The number of fused-ring (bicyclic) bond motifs is 3. The van der Waals surface area contributed by atoms with Crippen LogP contribution in [0.15, 0.2) is 36.9 Å². The van der Waals surface area contributed by atoms with Crippen LogP contribution in [0, 0.1) is 12.8 Å². The molecule has 8 nitrogen and oxygen atoms in total. The lowest BCUT2D eigenvalue weighted by molar-refractivity contribution is -0.141. The molecule has 3 aromatic rings. The zero-order valence-corrected chi connectivity index (χ0v) is 17.5. The van der Waals surface area contributed by atoms with Gasteiger partial charge in [0.1, 0.15) is 11.5 Å². The maximum atomic E-state index is 12.8. The molecule has 1 saturated carbocycles. The lowest BCUT2D eigenvalue weighted by Crippen LogP contribution is -2.57. The summed E-state index contributed by atoms with van der Waals surface area (Å²) in [6.07, 6.45) is 3.84. The Labute approximate surface area is 182 Å². The third-order valence-electron chi connectivity index (χ3n) is 6.24. The lowest BCUT2D eigenvalue weighted by Gasteiger charge is -2.50. The van der Waals surface area contributed by atoms with Crippen molar-refractivity contribution in [1.82, 2.24) is 34.8 Å². The van der Waals surface area contributed by atoms with Crippen LogP contribution in [0.4, 0.5) is 19.0 Å². The maximum absolute atomic E-state index is 12.8. The van der Waals surface area contributed by atoms with Gasteiger partial charge in [-0.15, -0.1) is 4.80 Å². The van der Waals surface area contributed by atoms with Crippen molar-refractivity contribution in [2.24, 2.45) is 5.92 Å². The zero-order chi connectivity index (χ0) is 22.3. The highest BCUT2D eigenvalue weighted by Gasteiger charge is 2.41. The molecule has 3 fully saturated rings. The number of piperidine rings is 2. The second-order valence-electron chi connectivity index (χ2n) is 8.45. The van der Waals surface area contributed by atoms with Crippen molar-refractivity contribution in [3.05, 3.63) is 54.0 Å². The Bertz CT molecular complexity index is 1070. The summed E-state index contributed by atoms with van der Waals surface area (Å²) in [5.41, 5.74) is 1.69. The van der Waals surface area contributed by atoms with Crippen LogP contribution in [0.3, 0.4) is 0 Å². The third-order valence-corrected chi connectivity index (χ3v) is 6.24. The van der Waals surface area contributed by atoms with E-state index in [9.17, 15) is 13.2 Å². The Morgan fingerprint density at radius 2 is 1.91 bits per heavy atom. The van der Waals surface area contributed by atoms with Crippen LogP contribution in [0.2, 0.25) is 0 Å². The number of aryl methyl sites for hydroxylation is 1. The molecule has 2 bridgehead atoms. The molecule has 6 rings (SSSR count). The van der Waals surface area contributed by atoms with Gasteiger partial charge < -0.3 is 5.32 Å². The number of pyridine rings is 1. The second kappa shape index (κ2) is 8.12. The van der Waals surface area contributed by atoms with Gasteiger partial charge in [0.15, 0.2) is 5.69 Å². The van der Waals surface area contributed by atoms with Crippen LogP contribution in [0.5, 0.6) is 0 Å². The molecule has 0 radical (unpaired) electrons. The molecule has 168 valence electrons. The summed E-state index contributed by atoms with van der Waals surface area (Å²) in [6.45, 7) is 3.57. The van der Waals surface area contributed by atoms with Crippen molar-refractivity contribution in [1.29, 1.82) is 0 Å². The molecular weight excluding hydrogens is 421 g/mol. The Morgan fingerprint density at radius 1 is 1.09 bits per heavy atom. The normalized spacial score (nSPS) is 23.4. The molecule has 5 heterocycles. The molecular formula is C21H23F3N8. The number of hydrogen-bond donors (Lipinski definition) is 1. The van der Waals surface area contributed by atoms with Gasteiger partial charge in [-0.2, -0.15) is 23.4 Å². The zero-order valence-electron chi connectivity index (χ0n) is 17.5. The fourth-order valence-corrected chi connectivity index (χ4v) is 4.82. The Kier molecular flexibility index (Phi) is 5.28. The van der Waals surface area contributed by atoms with Gasteiger partial charge in [0.2, 0.25) is 0 Å². The minimum absolute atomic E-state index is 0.0876. The minimum atomic E-state index is -4.49. The van der Waals surface area contributed by atoms with Gasteiger partial charge in [0.05, 0.1) is 30.5 Å². The van der Waals surface area contributed by atoms with Crippen molar-refractivity contribution < 1.29 is 13.2 Å². The maximum Gasteiger partial charge on any atom is 0.434 e. The number of halogens is 3. The van der Waals surface area contributed by atoms with Gasteiger partial charge in [0.25, 0.3) is 0 Å². The first-order chi connectivity index (χ1) is 15.4. The molecule has 3 aliphatic rings. The molecule has 0 aromatic carbocycles. The average Bonchev–Trinajstić information content (AvgIpc) is 3.29.